The molecule has 4 nitrogen and oxygen atoms in total. The Balaban J connectivity index is 2.50. The maximum absolute atomic E-state index is 11.7. The second-order valence-corrected chi connectivity index (χ2v) is 5.19. The van der Waals surface area contributed by atoms with E-state index in [9.17, 15) is 4.79 Å². The molecule has 1 N–H and O–H groups in total. The molecule has 0 spiro atoms. The summed E-state index contributed by atoms with van der Waals surface area (Å²) in [6.07, 6.45) is 0. The number of rotatable bonds is 1. The average Bonchev–Trinajstić information content (AvgIpc) is 2.26. The van der Waals surface area contributed by atoms with Gasteiger partial charge in [-0.15, -0.1) is 0 Å². The van der Waals surface area contributed by atoms with Crippen molar-refractivity contribution in [1.82, 2.24) is 0 Å². The van der Waals surface area contributed by atoms with E-state index in [1.54, 1.807) is 7.11 Å². The highest BCUT2D eigenvalue weighted by molar-refractivity contribution is 6.01. The van der Waals surface area contributed by atoms with Crippen LogP contribution in [0.1, 0.15) is 20.8 Å². The monoisotopic (exact) mass is 234 g/mol. The van der Waals surface area contributed by atoms with Crippen molar-refractivity contribution in [1.29, 1.82) is 0 Å². The minimum Gasteiger partial charge on any atom is -0.497 e. The summed E-state index contributed by atoms with van der Waals surface area (Å²) in [5.41, 5.74) is 1.76. The van der Waals surface area contributed by atoms with Crippen LogP contribution in [0, 0.1) is 0 Å². The third-order valence-electron chi connectivity index (χ3n) is 2.88. The Kier molecular flexibility index (Phi) is 2.73. The molecule has 0 unspecified atom stereocenters. The Morgan fingerprint density at radius 1 is 1.35 bits per heavy atom. The molecule has 0 saturated carbocycles. The molecular weight excluding hydrogens is 216 g/mol. The van der Waals surface area contributed by atoms with Crippen LogP contribution in [0.4, 0.5) is 11.4 Å². The summed E-state index contributed by atoms with van der Waals surface area (Å²) in [5.74, 6) is 0.826. The van der Waals surface area contributed by atoms with Crippen LogP contribution in [0.3, 0.4) is 0 Å². The van der Waals surface area contributed by atoms with Crippen molar-refractivity contribution in [2.24, 2.45) is 0 Å². The molecule has 0 atom stereocenters. The Morgan fingerprint density at radius 2 is 2.06 bits per heavy atom. The van der Waals surface area contributed by atoms with Crippen LogP contribution in [-0.4, -0.2) is 25.1 Å². The minimum absolute atomic E-state index is 0.0255. The number of hydrogen-bond donors (Lipinski definition) is 1. The Morgan fingerprint density at radius 3 is 2.65 bits per heavy atom. The van der Waals surface area contributed by atoms with Gasteiger partial charge < -0.3 is 15.0 Å². The predicted octanol–water partition coefficient (Wildman–Crippen LogP) is 2.25. The molecule has 0 bridgehead atoms. The number of hydrogen-bond acceptors (Lipinski definition) is 3. The fourth-order valence-corrected chi connectivity index (χ4v) is 1.98. The molecule has 0 saturated heterocycles. The van der Waals surface area contributed by atoms with Crippen LogP contribution in [0.25, 0.3) is 0 Å². The Bertz CT molecular complexity index is 449. The maximum atomic E-state index is 11.7. The lowest BCUT2D eigenvalue weighted by molar-refractivity contribution is -0.115. The first-order valence-electron chi connectivity index (χ1n) is 5.67. The molecule has 17 heavy (non-hydrogen) atoms. The van der Waals surface area contributed by atoms with E-state index in [2.05, 4.69) is 31.0 Å². The van der Waals surface area contributed by atoms with E-state index in [0.29, 0.717) is 6.54 Å². The molecule has 0 radical (unpaired) electrons. The number of methoxy groups -OCH3 is 1. The van der Waals surface area contributed by atoms with Crippen molar-refractivity contribution >= 4 is 17.3 Å². The summed E-state index contributed by atoms with van der Waals surface area (Å²) in [7, 11) is 1.64. The molecule has 1 heterocycles. The number of nitrogens with one attached hydrogen (secondary N) is 1. The highest BCUT2D eigenvalue weighted by Crippen LogP contribution is 2.36. The molecule has 92 valence electrons. The molecule has 2 rings (SSSR count). The van der Waals surface area contributed by atoms with Gasteiger partial charge in [-0.2, -0.15) is 0 Å². The van der Waals surface area contributed by atoms with Crippen LogP contribution in [0.5, 0.6) is 5.75 Å². The normalized spacial score (nSPS) is 15.3. The molecule has 4 heteroatoms. The fourth-order valence-electron chi connectivity index (χ4n) is 1.98. The van der Waals surface area contributed by atoms with E-state index in [4.69, 9.17) is 4.74 Å². The van der Waals surface area contributed by atoms with E-state index >= 15 is 0 Å². The lowest BCUT2D eigenvalue weighted by Crippen LogP contribution is -2.48. The van der Waals surface area contributed by atoms with Gasteiger partial charge >= 0.3 is 0 Å². The third-order valence-corrected chi connectivity index (χ3v) is 2.88. The SMILES string of the molecule is COc1ccc2c(c1)N(C(C)(C)C)CC(=O)N2. The molecular formula is C13H18N2O2. The lowest BCUT2D eigenvalue weighted by atomic mass is 10.0. The number of nitrogens with zero attached hydrogens (tertiary/aromatic N) is 1. The average molecular weight is 234 g/mol. The molecule has 1 amide bonds. The zero-order valence-corrected chi connectivity index (χ0v) is 10.7. The first-order chi connectivity index (χ1) is 7.91. The molecule has 1 aliphatic rings. The Hall–Kier alpha value is -1.71. The van der Waals surface area contributed by atoms with Crippen LogP contribution in [0.2, 0.25) is 0 Å². The number of carbonyl (C=O) groups excluding carboxylic acids is 1. The quantitative estimate of drug-likeness (QED) is 0.810. The van der Waals surface area contributed by atoms with E-state index in [0.717, 1.165) is 17.1 Å². The second kappa shape index (κ2) is 3.95. The van der Waals surface area contributed by atoms with Gasteiger partial charge in [0.15, 0.2) is 0 Å². The van der Waals surface area contributed by atoms with E-state index in [-0.39, 0.29) is 11.4 Å². The lowest BCUT2D eigenvalue weighted by Gasteiger charge is -2.41. The van der Waals surface area contributed by atoms with Gasteiger partial charge in [-0.1, -0.05) is 0 Å². The van der Waals surface area contributed by atoms with Gasteiger partial charge in [-0.25, -0.2) is 0 Å². The smallest absolute Gasteiger partial charge is 0.243 e. The van der Waals surface area contributed by atoms with Crippen molar-refractivity contribution < 1.29 is 9.53 Å². The fraction of sp³-hybridized carbons (Fsp3) is 0.462. The number of ether oxygens (including phenoxy) is 1. The standard InChI is InChI=1S/C13H18N2O2/c1-13(2,3)15-8-12(16)14-10-6-5-9(17-4)7-11(10)15/h5-7H,8H2,1-4H3,(H,14,16). The minimum atomic E-state index is -0.0983. The molecule has 0 fully saturated rings. The van der Waals surface area contributed by atoms with Crippen molar-refractivity contribution in [3.8, 4) is 5.75 Å². The van der Waals surface area contributed by atoms with Crippen LogP contribution in [0.15, 0.2) is 18.2 Å². The van der Waals surface area contributed by atoms with E-state index in [1.807, 2.05) is 18.2 Å². The van der Waals surface area contributed by atoms with Gasteiger partial charge in [0, 0.05) is 11.6 Å². The molecule has 1 aromatic rings. The van der Waals surface area contributed by atoms with Gasteiger partial charge in [0.2, 0.25) is 5.91 Å². The summed E-state index contributed by atoms with van der Waals surface area (Å²) in [6.45, 7) is 6.65. The largest absolute Gasteiger partial charge is 0.497 e. The Labute approximate surface area is 102 Å². The first kappa shape index (κ1) is 11.8. The number of fused-ring (bicyclic) bond motifs is 1. The number of carbonyl (C=O) groups is 1. The van der Waals surface area contributed by atoms with Crippen LogP contribution >= 0.6 is 0 Å². The van der Waals surface area contributed by atoms with Gasteiger partial charge in [0.1, 0.15) is 5.75 Å². The summed E-state index contributed by atoms with van der Waals surface area (Å²) >= 11 is 0. The summed E-state index contributed by atoms with van der Waals surface area (Å²) in [6, 6.07) is 5.69. The van der Waals surface area contributed by atoms with Gasteiger partial charge in [-0.3, -0.25) is 4.79 Å². The summed E-state index contributed by atoms with van der Waals surface area (Å²) < 4.78 is 5.23. The molecule has 0 aromatic heterocycles. The van der Waals surface area contributed by atoms with Crippen LogP contribution in [-0.2, 0) is 4.79 Å². The number of anilines is 2. The van der Waals surface area contributed by atoms with E-state index in [1.165, 1.54) is 0 Å². The zero-order chi connectivity index (χ0) is 12.6. The number of amides is 1. The summed E-state index contributed by atoms with van der Waals surface area (Å²) in [4.78, 5) is 13.7. The number of benzene rings is 1. The van der Waals surface area contributed by atoms with Gasteiger partial charge in [-0.05, 0) is 32.9 Å². The molecule has 1 aromatic carbocycles. The van der Waals surface area contributed by atoms with Crippen molar-refractivity contribution in [3.05, 3.63) is 18.2 Å². The van der Waals surface area contributed by atoms with Crippen LogP contribution < -0.4 is 15.0 Å². The molecule has 0 aliphatic carbocycles. The highest BCUT2D eigenvalue weighted by Gasteiger charge is 2.30. The van der Waals surface area contributed by atoms with Crippen molar-refractivity contribution in [2.75, 3.05) is 23.9 Å². The topological polar surface area (TPSA) is 41.6 Å². The van der Waals surface area contributed by atoms with Crippen molar-refractivity contribution in [2.45, 2.75) is 26.3 Å². The highest BCUT2D eigenvalue weighted by atomic mass is 16.5. The molecule has 1 aliphatic heterocycles. The maximum Gasteiger partial charge on any atom is 0.243 e. The van der Waals surface area contributed by atoms with Gasteiger partial charge in [0.05, 0.1) is 25.0 Å². The summed E-state index contributed by atoms with van der Waals surface area (Å²) in [5, 5.41) is 2.88. The van der Waals surface area contributed by atoms with Gasteiger partial charge in [0.25, 0.3) is 0 Å². The first-order valence-corrected chi connectivity index (χ1v) is 5.67. The third kappa shape index (κ3) is 2.20. The van der Waals surface area contributed by atoms with E-state index < -0.39 is 0 Å². The zero-order valence-electron chi connectivity index (χ0n) is 10.7. The van der Waals surface area contributed by atoms with Crippen molar-refractivity contribution in [3.63, 3.8) is 0 Å². The second-order valence-electron chi connectivity index (χ2n) is 5.19. The predicted molar refractivity (Wildman–Crippen MR) is 68.7 cm³/mol.